The number of ether oxygens (including phenoxy) is 1. The molecule has 0 radical (unpaired) electrons. The molecular formula is C13H16N2OS. The number of nitrogens with one attached hydrogen (secondary N) is 1. The zero-order valence-electron chi connectivity index (χ0n) is 9.94. The summed E-state index contributed by atoms with van der Waals surface area (Å²) in [5, 5.41) is 2.01. The fraction of sp³-hybridized carbons (Fsp3) is 0.231. The van der Waals surface area contributed by atoms with Gasteiger partial charge in [0.15, 0.2) is 0 Å². The molecule has 3 nitrogen and oxygen atoms in total. The van der Waals surface area contributed by atoms with E-state index in [2.05, 4.69) is 24.5 Å². The number of methoxy groups -OCH3 is 1. The number of benzene rings is 1. The molecule has 1 unspecified atom stereocenters. The van der Waals surface area contributed by atoms with E-state index in [-0.39, 0.29) is 6.04 Å². The average Bonchev–Trinajstić information content (AvgIpc) is 2.81. The van der Waals surface area contributed by atoms with E-state index in [1.165, 1.54) is 11.1 Å². The van der Waals surface area contributed by atoms with Gasteiger partial charge in [-0.2, -0.15) is 0 Å². The van der Waals surface area contributed by atoms with E-state index in [1.807, 2.05) is 23.6 Å². The summed E-state index contributed by atoms with van der Waals surface area (Å²) in [4.78, 5) is 1.10. The molecule has 1 atom stereocenters. The summed E-state index contributed by atoms with van der Waals surface area (Å²) >= 11 is 1.64. The minimum atomic E-state index is -0.0221. The SMILES string of the molecule is COc1ccsc1C(NN)c1ccccc1C. The summed E-state index contributed by atoms with van der Waals surface area (Å²) in [5.74, 6) is 6.57. The second-order valence-electron chi connectivity index (χ2n) is 3.81. The van der Waals surface area contributed by atoms with Crippen LogP contribution in [-0.2, 0) is 0 Å². The van der Waals surface area contributed by atoms with Crippen molar-refractivity contribution >= 4 is 11.3 Å². The first-order valence-corrected chi connectivity index (χ1v) is 6.29. The summed E-state index contributed by atoms with van der Waals surface area (Å²) < 4.78 is 5.34. The summed E-state index contributed by atoms with van der Waals surface area (Å²) in [5.41, 5.74) is 5.26. The van der Waals surface area contributed by atoms with Crippen LogP contribution in [0.4, 0.5) is 0 Å². The third-order valence-corrected chi connectivity index (χ3v) is 3.77. The molecule has 1 heterocycles. The smallest absolute Gasteiger partial charge is 0.134 e. The molecule has 0 spiro atoms. The first kappa shape index (κ1) is 12.1. The molecule has 0 fully saturated rings. The van der Waals surface area contributed by atoms with Gasteiger partial charge < -0.3 is 4.74 Å². The van der Waals surface area contributed by atoms with Gasteiger partial charge in [-0.25, -0.2) is 5.43 Å². The minimum Gasteiger partial charge on any atom is -0.496 e. The Hall–Kier alpha value is -1.36. The van der Waals surface area contributed by atoms with Crippen LogP contribution in [0.2, 0.25) is 0 Å². The average molecular weight is 248 g/mol. The molecule has 0 aliphatic heterocycles. The summed E-state index contributed by atoms with van der Waals surface area (Å²) in [6.45, 7) is 2.08. The molecule has 0 amide bonds. The van der Waals surface area contributed by atoms with Crippen molar-refractivity contribution < 1.29 is 4.74 Å². The molecular weight excluding hydrogens is 232 g/mol. The number of aryl methyl sites for hydroxylation is 1. The van der Waals surface area contributed by atoms with Gasteiger partial charge in [-0.1, -0.05) is 24.3 Å². The number of hydrogen-bond acceptors (Lipinski definition) is 4. The van der Waals surface area contributed by atoms with E-state index in [0.29, 0.717) is 0 Å². The second-order valence-corrected chi connectivity index (χ2v) is 4.76. The molecule has 0 aliphatic rings. The van der Waals surface area contributed by atoms with Crippen LogP contribution in [0.1, 0.15) is 22.0 Å². The summed E-state index contributed by atoms with van der Waals surface area (Å²) in [7, 11) is 1.68. The largest absolute Gasteiger partial charge is 0.496 e. The summed E-state index contributed by atoms with van der Waals surface area (Å²) in [6, 6.07) is 10.2. The first-order valence-electron chi connectivity index (χ1n) is 5.41. The third-order valence-electron chi connectivity index (χ3n) is 2.81. The van der Waals surface area contributed by atoms with Crippen molar-refractivity contribution in [1.82, 2.24) is 5.43 Å². The maximum atomic E-state index is 5.69. The molecule has 2 aromatic rings. The van der Waals surface area contributed by atoms with Crippen molar-refractivity contribution in [3.8, 4) is 5.75 Å². The molecule has 0 bridgehead atoms. The van der Waals surface area contributed by atoms with Crippen LogP contribution in [0.5, 0.6) is 5.75 Å². The van der Waals surface area contributed by atoms with Crippen molar-refractivity contribution in [2.45, 2.75) is 13.0 Å². The highest BCUT2D eigenvalue weighted by Crippen LogP contribution is 2.35. The van der Waals surface area contributed by atoms with Crippen LogP contribution in [-0.4, -0.2) is 7.11 Å². The van der Waals surface area contributed by atoms with Crippen LogP contribution < -0.4 is 16.0 Å². The minimum absolute atomic E-state index is 0.0221. The van der Waals surface area contributed by atoms with Gasteiger partial charge in [-0.15, -0.1) is 11.3 Å². The monoisotopic (exact) mass is 248 g/mol. The van der Waals surface area contributed by atoms with Gasteiger partial charge in [0.1, 0.15) is 5.75 Å². The highest BCUT2D eigenvalue weighted by atomic mass is 32.1. The predicted molar refractivity (Wildman–Crippen MR) is 71.2 cm³/mol. The van der Waals surface area contributed by atoms with Crippen molar-refractivity contribution in [3.05, 3.63) is 51.7 Å². The predicted octanol–water partition coefficient (Wildman–Crippen LogP) is 2.62. The first-order chi connectivity index (χ1) is 8.27. The lowest BCUT2D eigenvalue weighted by atomic mass is 10.0. The lowest BCUT2D eigenvalue weighted by Crippen LogP contribution is -2.29. The Morgan fingerprint density at radius 2 is 2.06 bits per heavy atom. The fourth-order valence-corrected chi connectivity index (χ4v) is 2.84. The Morgan fingerprint density at radius 3 is 2.71 bits per heavy atom. The third kappa shape index (κ3) is 2.34. The number of hydrazine groups is 1. The zero-order chi connectivity index (χ0) is 12.3. The van der Waals surface area contributed by atoms with Crippen LogP contribution >= 0.6 is 11.3 Å². The van der Waals surface area contributed by atoms with Gasteiger partial charge in [0.05, 0.1) is 18.0 Å². The van der Waals surface area contributed by atoms with E-state index in [9.17, 15) is 0 Å². The Labute approximate surface area is 105 Å². The van der Waals surface area contributed by atoms with Crippen LogP contribution in [0.15, 0.2) is 35.7 Å². The molecule has 1 aromatic carbocycles. The van der Waals surface area contributed by atoms with E-state index in [0.717, 1.165) is 10.6 Å². The number of thiophene rings is 1. The molecule has 0 saturated carbocycles. The Morgan fingerprint density at radius 1 is 1.29 bits per heavy atom. The van der Waals surface area contributed by atoms with Crippen molar-refractivity contribution in [1.29, 1.82) is 0 Å². The topological polar surface area (TPSA) is 47.3 Å². The van der Waals surface area contributed by atoms with Crippen LogP contribution in [0.3, 0.4) is 0 Å². The van der Waals surface area contributed by atoms with E-state index < -0.39 is 0 Å². The molecule has 4 heteroatoms. The molecule has 0 aliphatic carbocycles. The molecule has 17 heavy (non-hydrogen) atoms. The highest BCUT2D eigenvalue weighted by Gasteiger charge is 2.19. The van der Waals surface area contributed by atoms with E-state index >= 15 is 0 Å². The number of rotatable bonds is 4. The maximum absolute atomic E-state index is 5.69. The van der Waals surface area contributed by atoms with Crippen molar-refractivity contribution in [2.24, 2.45) is 5.84 Å². The van der Waals surface area contributed by atoms with Gasteiger partial charge in [0.2, 0.25) is 0 Å². The zero-order valence-corrected chi connectivity index (χ0v) is 10.8. The molecule has 1 aromatic heterocycles. The molecule has 3 N–H and O–H groups in total. The highest BCUT2D eigenvalue weighted by molar-refractivity contribution is 7.10. The van der Waals surface area contributed by atoms with Gasteiger partial charge in [-0.3, -0.25) is 5.84 Å². The Balaban J connectivity index is 2.44. The Kier molecular flexibility index (Phi) is 3.78. The lowest BCUT2D eigenvalue weighted by Gasteiger charge is -2.18. The van der Waals surface area contributed by atoms with Gasteiger partial charge >= 0.3 is 0 Å². The molecule has 90 valence electrons. The maximum Gasteiger partial charge on any atom is 0.134 e. The standard InChI is InChI=1S/C13H16N2OS/c1-9-5-3-4-6-10(9)12(15-14)13-11(16-2)7-8-17-13/h3-8,12,15H,14H2,1-2H3. The summed E-state index contributed by atoms with van der Waals surface area (Å²) in [6.07, 6.45) is 0. The number of nitrogens with two attached hydrogens (primary N) is 1. The van der Waals surface area contributed by atoms with E-state index in [4.69, 9.17) is 10.6 Å². The van der Waals surface area contributed by atoms with Gasteiger partial charge in [0, 0.05) is 0 Å². The molecule has 2 rings (SSSR count). The van der Waals surface area contributed by atoms with Gasteiger partial charge in [-0.05, 0) is 29.5 Å². The van der Waals surface area contributed by atoms with E-state index in [1.54, 1.807) is 18.4 Å². The number of hydrogen-bond donors (Lipinski definition) is 2. The van der Waals surface area contributed by atoms with Crippen molar-refractivity contribution in [2.75, 3.05) is 7.11 Å². The van der Waals surface area contributed by atoms with Crippen LogP contribution in [0.25, 0.3) is 0 Å². The fourth-order valence-electron chi connectivity index (χ4n) is 1.91. The normalized spacial score (nSPS) is 12.4. The second kappa shape index (κ2) is 5.31. The molecule has 0 saturated heterocycles. The Bertz CT molecular complexity index is 496. The van der Waals surface area contributed by atoms with Crippen molar-refractivity contribution in [3.63, 3.8) is 0 Å². The quantitative estimate of drug-likeness (QED) is 0.646. The lowest BCUT2D eigenvalue weighted by molar-refractivity contribution is 0.407. The van der Waals surface area contributed by atoms with Gasteiger partial charge in [0.25, 0.3) is 0 Å². The van der Waals surface area contributed by atoms with Crippen LogP contribution in [0, 0.1) is 6.92 Å².